The van der Waals surface area contributed by atoms with E-state index in [-0.39, 0.29) is 23.6 Å². The third kappa shape index (κ3) is 9.00. The normalized spacial score (nSPS) is 14.1. The Morgan fingerprint density at radius 1 is 1.08 bits per heavy atom. The van der Waals surface area contributed by atoms with Crippen molar-refractivity contribution in [2.45, 2.75) is 38.6 Å². The number of sulfone groups is 1. The molecule has 0 heterocycles. The van der Waals surface area contributed by atoms with E-state index in [1.165, 1.54) is 6.92 Å². The molecule has 6 nitrogen and oxygen atoms in total. The summed E-state index contributed by atoms with van der Waals surface area (Å²) in [7, 11) is -3.30. The summed E-state index contributed by atoms with van der Waals surface area (Å²) in [6.45, 7) is 8.67. The van der Waals surface area contributed by atoms with Crippen molar-refractivity contribution in [2.24, 2.45) is 5.92 Å². The van der Waals surface area contributed by atoms with Crippen molar-refractivity contribution in [1.82, 2.24) is 5.32 Å². The summed E-state index contributed by atoms with van der Waals surface area (Å²) in [5.74, 6) is -0.142. The van der Waals surface area contributed by atoms with Crippen LogP contribution in [0.2, 0.25) is 0 Å². The van der Waals surface area contributed by atoms with Gasteiger partial charge in [0, 0.05) is 13.0 Å². The predicted octanol–water partition coefficient (Wildman–Crippen LogP) is 1.96. The molecule has 0 aliphatic rings. The molecule has 1 rings (SSSR count). The van der Waals surface area contributed by atoms with Gasteiger partial charge in [-0.2, -0.15) is 0 Å². The fourth-order valence-electron chi connectivity index (χ4n) is 2.32. The number of aryl methyl sites for hydroxylation is 1. The molecule has 0 radical (unpaired) electrons. The van der Waals surface area contributed by atoms with Gasteiger partial charge >= 0.3 is 0 Å². The van der Waals surface area contributed by atoms with Crippen molar-refractivity contribution in [1.29, 1.82) is 0 Å². The Kier molecular flexibility index (Phi) is 9.10. The Bertz CT molecular complexity index is 627. The standard InChI is InChI=1S/C18H29NO5S/c1-14-5-7-18(8-6-14)25(21,22)13-15(2)11-23-9-10-24-12-16(3)19-17(4)20/h5-8,15-16H,9-13H2,1-4H3,(H,19,20). The van der Waals surface area contributed by atoms with Crippen molar-refractivity contribution < 1.29 is 22.7 Å². The summed E-state index contributed by atoms with van der Waals surface area (Å²) in [5.41, 5.74) is 1.03. The molecular weight excluding hydrogens is 342 g/mol. The van der Waals surface area contributed by atoms with E-state index < -0.39 is 9.84 Å². The highest BCUT2D eigenvalue weighted by atomic mass is 32.2. The van der Waals surface area contributed by atoms with Crippen LogP contribution in [0.4, 0.5) is 0 Å². The van der Waals surface area contributed by atoms with E-state index in [4.69, 9.17) is 9.47 Å². The fourth-order valence-corrected chi connectivity index (χ4v) is 3.90. The number of ether oxygens (including phenoxy) is 2. The maximum absolute atomic E-state index is 12.3. The Balaban J connectivity index is 2.23. The zero-order valence-corrected chi connectivity index (χ0v) is 16.3. The first-order valence-electron chi connectivity index (χ1n) is 8.42. The van der Waals surface area contributed by atoms with Crippen LogP contribution in [0.3, 0.4) is 0 Å². The van der Waals surface area contributed by atoms with Gasteiger partial charge in [0.25, 0.3) is 0 Å². The lowest BCUT2D eigenvalue weighted by molar-refractivity contribution is -0.120. The molecule has 2 unspecified atom stereocenters. The molecule has 25 heavy (non-hydrogen) atoms. The molecule has 0 aliphatic carbocycles. The van der Waals surface area contributed by atoms with Crippen molar-refractivity contribution in [3.63, 3.8) is 0 Å². The smallest absolute Gasteiger partial charge is 0.217 e. The van der Waals surface area contributed by atoms with Gasteiger partial charge in [-0.05, 0) is 31.9 Å². The van der Waals surface area contributed by atoms with Gasteiger partial charge in [-0.15, -0.1) is 0 Å². The average molecular weight is 371 g/mol. The molecule has 0 spiro atoms. The Labute approximate surface area is 150 Å². The monoisotopic (exact) mass is 371 g/mol. The van der Waals surface area contributed by atoms with Crippen molar-refractivity contribution in [3.05, 3.63) is 29.8 Å². The van der Waals surface area contributed by atoms with E-state index >= 15 is 0 Å². The van der Waals surface area contributed by atoms with Gasteiger partial charge in [0.15, 0.2) is 9.84 Å². The molecule has 0 fully saturated rings. The highest BCUT2D eigenvalue weighted by molar-refractivity contribution is 7.91. The molecule has 142 valence electrons. The minimum atomic E-state index is -3.30. The summed E-state index contributed by atoms with van der Waals surface area (Å²) >= 11 is 0. The van der Waals surface area contributed by atoms with Crippen LogP contribution in [0.5, 0.6) is 0 Å². The first-order valence-corrected chi connectivity index (χ1v) is 10.1. The lowest BCUT2D eigenvalue weighted by Crippen LogP contribution is -2.34. The van der Waals surface area contributed by atoms with Gasteiger partial charge in [-0.25, -0.2) is 8.42 Å². The lowest BCUT2D eigenvalue weighted by Gasteiger charge is -2.14. The van der Waals surface area contributed by atoms with E-state index in [9.17, 15) is 13.2 Å². The topological polar surface area (TPSA) is 81.7 Å². The van der Waals surface area contributed by atoms with Crippen molar-refractivity contribution in [2.75, 3.05) is 32.2 Å². The number of nitrogens with one attached hydrogen (secondary N) is 1. The summed E-state index contributed by atoms with van der Waals surface area (Å²) in [6.07, 6.45) is 0. The molecule has 7 heteroatoms. The lowest BCUT2D eigenvalue weighted by atomic mass is 10.2. The van der Waals surface area contributed by atoms with Gasteiger partial charge in [-0.3, -0.25) is 4.79 Å². The molecule has 0 bridgehead atoms. The minimum Gasteiger partial charge on any atom is -0.379 e. The number of amides is 1. The van der Waals surface area contributed by atoms with Crippen LogP contribution in [-0.2, 0) is 24.1 Å². The summed E-state index contributed by atoms with van der Waals surface area (Å²) in [5, 5.41) is 2.73. The number of carbonyl (C=O) groups is 1. The Morgan fingerprint density at radius 3 is 2.20 bits per heavy atom. The SMILES string of the molecule is CC(=O)NC(C)COCCOCC(C)CS(=O)(=O)c1ccc(C)cc1. The second kappa shape index (κ2) is 10.5. The number of rotatable bonds is 11. The van der Waals surface area contributed by atoms with E-state index in [0.29, 0.717) is 31.3 Å². The molecule has 1 aromatic rings. The van der Waals surface area contributed by atoms with Crippen LogP contribution in [0.25, 0.3) is 0 Å². The van der Waals surface area contributed by atoms with Gasteiger partial charge in [0.1, 0.15) is 0 Å². The Morgan fingerprint density at radius 2 is 1.64 bits per heavy atom. The second-order valence-corrected chi connectivity index (χ2v) is 8.49. The first kappa shape index (κ1) is 21.6. The van der Waals surface area contributed by atoms with E-state index in [1.807, 2.05) is 20.8 Å². The molecule has 1 N–H and O–H groups in total. The van der Waals surface area contributed by atoms with E-state index in [2.05, 4.69) is 5.32 Å². The molecule has 0 aromatic heterocycles. The third-order valence-corrected chi connectivity index (χ3v) is 5.47. The first-order chi connectivity index (χ1) is 11.7. The van der Waals surface area contributed by atoms with E-state index in [1.54, 1.807) is 24.3 Å². The Hall–Kier alpha value is -1.44. The van der Waals surface area contributed by atoms with Gasteiger partial charge in [0.2, 0.25) is 5.91 Å². The average Bonchev–Trinajstić information content (AvgIpc) is 2.50. The predicted molar refractivity (Wildman–Crippen MR) is 97.3 cm³/mol. The van der Waals surface area contributed by atoms with Crippen LogP contribution in [0, 0.1) is 12.8 Å². The molecule has 1 aromatic carbocycles. The van der Waals surface area contributed by atoms with Crippen LogP contribution in [-0.4, -0.2) is 52.5 Å². The van der Waals surface area contributed by atoms with Crippen LogP contribution in [0.1, 0.15) is 26.3 Å². The molecule has 1 amide bonds. The van der Waals surface area contributed by atoms with Gasteiger partial charge in [0.05, 0.1) is 37.1 Å². The number of carbonyl (C=O) groups excluding carboxylic acids is 1. The van der Waals surface area contributed by atoms with Crippen LogP contribution in [0.15, 0.2) is 29.2 Å². The molecule has 2 atom stereocenters. The molecule has 0 saturated carbocycles. The zero-order valence-electron chi connectivity index (χ0n) is 15.4. The van der Waals surface area contributed by atoms with E-state index in [0.717, 1.165) is 5.56 Å². The largest absolute Gasteiger partial charge is 0.379 e. The maximum Gasteiger partial charge on any atom is 0.217 e. The van der Waals surface area contributed by atoms with Crippen molar-refractivity contribution >= 4 is 15.7 Å². The highest BCUT2D eigenvalue weighted by Gasteiger charge is 2.18. The number of benzene rings is 1. The number of hydrogen-bond donors (Lipinski definition) is 1. The molecule has 0 aliphatic heterocycles. The molecular formula is C18H29NO5S. The van der Waals surface area contributed by atoms with Gasteiger partial charge in [-0.1, -0.05) is 24.6 Å². The maximum atomic E-state index is 12.3. The van der Waals surface area contributed by atoms with Gasteiger partial charge < -0.3 is 14.8 Å². The third-order valence-electron chi connectivity index (χ3n) is 3.48. The van der Waals surface area contributed by atoms with Crippen molar-refractivity contribution in [3.8, 4) is 0 Å². The van der Waals surface area contributed by atoms with Crippen LogP contribution >= 0.6 is 0 Å². The summed E-state index contributed by atoms with van der Waals surface area (Å²) in [6, 6.07) is 6.84. The molecule has 0 saturated heterocycles. The zero-order chi connectivity index (χ0) is 18.9. The second-order valence-electron chi connectivity index (χ2n) is 6.45. The summed E-state index contributed by atoms with van der Waals surface area (Å²) < 4.78 is 35.6. The fraction of sp³-hybridized carbons (Fsp3) is 0.611. The highest BCUT2D eigenvalue weighted by Crippen LogP contribution is 2.15. The quantitative estimate of drug-likeness (QED) is 0.602. The minimum absolute atomic E-state index is 0.0453. The van der Waals surface area contributed by atoms with Crippen LogP contribution < -0.4 is 5.32 Å². The number of hydrogen-bond acceptors (Lipinski definition) is 5. The summed E-state index contributed by atoms with van der Waals surface area (Å²) in [4.78, 5) is 11.2.